The topological polar surface area (TPSA) is 93.2 Å². The molecule has 0 unspecified atom stereocenters. The average Bonchev–Trinajstić information content (AvgIpc) is 3.24. The van der Waals surface area contributed by atoms with Gasteiger partial charge in [-0.3, -0.25) is 4.79 Å². The van der Waals surface area contributed by atoms with Crippen molar-refractivity contribution < 1.29 is 14.3 Å². The molecule has 0 bridgehead atoms. The third-order valence-corrected chi connectivity index (χ3v) is 4.82. The van der Waals surface area contributed by atoms with Gasteiger partial charge in [0.1, 0.15) is 17.9 Å². The van der Waals surface area contributed by atoms with Gasteiger partial charge in [-0.15, -0.1) is 10.2 Å². The number of aryl methyl sites for hydroxylation is 3. The van der Waals surface area contributed by atoms with Crippen LogP contribution in [0, 0.1) is 12.8 Å². The van der Waals surface area contributed by atoms with Gasteiger partial charge in [0.15, 0.2) is 5.76 Å². The maximum atomic E-state index is 12.3. The van der Waals surface area contributed by atoms with E-state index < -0.39 is 6.10 Å². The fraction of sp³-hybridized carbons (Fsp3) is 0.588. The molecule has 130 valence electrons. The number of nitrogens with one attached hydrogen (secondary N) is 1. The Balaban J connectivity index is 1.59. The van der Waals surface area contributed by atoms with Crippen LogP contribution in [0.4, 0.5) is 0 Å². The number of furan rings is 1. The molecule has 2 N–H and O–H groups in total. The van der Waals surface area contributed by atoms with Crippen LogP contribution in [-0.2, 0) is 13.5 Å². The Labute approximate surface area is 141 Å². The summed E-state index contributed by atoms with van der Waals surface area (Å²) in [6, 6.07) is 1.89. The van der Waals surface area contributed by atoms with Crippen LogP contribution in [0.5, 0.6) is 0 Å². The second kappa shape index (κ2) is 6.76. The molecule has 1 aliphatic carbocycles. The minimum Gasteiger partial charge on any atom is -0.456 e. The summed E-state index contributed by atoms with van der Waals surface area (Å²) in [5, 5.41) is 21.2. The maximum Gasteiger partial charge on any atom is 0.287 e. The molecule has 1 saturated carbocycles. The van der Waals surface area contributed by atoms with Crippen LogP contribution < -0.4 is 5.32 Å². The van der Waals surface area contributed by atoms with Crippen molar-refractivity contribution in [3.05, 3.63) is 35.3 Å². The minimum atomic E-state index is -0.448. The number of rotatable bonds is 5. The highest BCUT2D eigenvalue weighted by Gasteiger charge is 2.36. The van der Waals surface area contributed by atoms with E-state index >= 15 is 0 Å². The lowest BCUT2D eigenvalue weighted by Gasteiger charge is -2.14. The summed E-state index contributed by atoms with van der Waals surface area (Å²) in [6.45, 7) is 4.28. The molecule has 1 amide bonds. The van der Waals surface area contributed by atoms with Gasteiger partial charge < -0.3 is 19.4 Å². The molecular weight excluding hydrogens is 308 g/mol. The lowest BCUT2D eigenvalue weighted by Crippen LogP contribution is -2.32. The molecule has 0 aliphatic heterocycles. The Bertz CT molecular complexity index is 721. The van der Waals surface area contributed by atoms with Crippen molar-refractivity contribution in [1.82, 2.24) is 20.1 Å². The Morgan fingerprint density at radius 2 is 2.29 bits per heavy atom. The lowest BCUT2D eigenvalue weighted by atomic mass is 10.0. The third kappa shape index (κ3) is 3.21. The van der Waals surface area contributed by atoms with Crippen LogP contribution in [-0.4, -0.2) is 38.4 Å². The molecule has 0 aromatic carbocycles. The first kappa shape index (κ1) is 16.7. The summed E-state index contributed by atoms with van der Waals surface area (Å²) in [5.41, 5.74) is 0.841. The molecule has 2 heterocycles. The molecular formula is C17H24N4O3. The van der Waals surface area contributed by atoms with Gasteiger partial charge in [0.2, 0.25) is 0 Å². The van der Waals surface area contributed by atoms with Crippen molar-refractivity contribution in [2.45, 2.75) is 45.1 Å². The maximum absolute atomic E-state index is 12.3. The SMILES string of the molecule is CCc1cc(C)c(C(=O)NC[C@H]2C[C@H](c3nncn3C)C[C@H]2O)o1. The van der Waals surface area contributed by atoms with Crippen molar-refractivity contribution in [3.63, 3.8) is 0 Å². The van der Waals surface area contributed by atoms with Crippen LogP contribution in [0.2, 0.25) is 0 Å². The van der Waals surface area contributed by atoms with Gasteiger partial charge in [-0.05, 0) is 25.8 Å². The van der Waals surface area contributed by atoms with E-state index in [2.05, 4.69) is 15.5 Å². The van der Waals surface area contributed by atoms with Crippen molar-refractivity contribution in [2.24, 2.45) is 13.0 Å². The Morgan fingerprint density at radius 1 is 1.50 bits per heavy atom. The van der Waals surface area contributed by atoms with Gasteiger partial charge in [0.05, 0.1) is 6.10 Å². The molecule has 1 fully saturated rings. The highest BCUT2D eigenvalue weighted by atomic mass is 16.4. The highest BCUT2D eigenvalue weighted by molar-refractivity contribution is 5.92. The molecule has 3 rings (SSSR count). The Morgan fingerprint density at radius 3 is 2.92 bits per heavy atom. The Kier molecular flexibility index (Phi) is 4.71. The monoisotopic (exact) mass is 332 g/mol. The summed E-state index contributed by atoms with van der Waals surface area (Å²) < 4.78 is 7.45. The highest BCUT2D eigenvalue weighted by Crippen LogP contribution is 2.37. The fourth-order valence-electron chi connectivity index (χ4n) is 3.45. The zero-order valence-electron chi connectivity index (χ0n) is 14.3. The molecule has 7 heteroatoms. The molecule has 0 spiro atoms. The zero-order chi connectivity index (χ0) is 17.3. The molecule has 7 nitrogen and oxygen atoms in total. The lowest BCUT2D eigenvalue weighted by molar-refractivity contribution is 0.0887. The second-order valence-electron chi connectivity index (χ2n) is 6.58. The first-order valence-corrected chi connectivity index (χ1v) is 8.39. The first-order valence-electron chi connectivity index (χ1n) is 8.39. The molecule has 0 saturated heterocycles. The van der Waals surface area contributed by atoms with E-state index in [1.54, 1.807) is 6.33 Å². The number of amides is 1. The number of carbonyl (C=O) groups excluding carboxylic acids is 1. The predicted molar refractivity (Wildman–Crippen MR) is 87.6 cm³/mol. The quantitative estimate of drug-likeness (QED) is 0.867. The zero-order valence-corrected chi connectivity index (χ0v) is 14.3. The number of nitrogens with zero attached hydrogens (tertiary/aromatic N) is 3. The number of aliphatic hydroxyl groups is 1. The van der Waals surface area contributed by atoms with Gasteiger partial charge in [0, 0.05) is 37.4 Å². The van der Waals surface area contributed by atoms with E-state index in [1.165, 1.54) is 0 Å². The molecule has 24 heavy (non-hydrogen) atoms. The summed E-state index contributed by atoms with van der Waals surface area (Å²) in [4.78, 5) is 12.3. The van der Waals surface area contributed by atoms with E-state index in [0.29, 0.717) is 18.7 Å². The molecule has 2 aromatic heterocycles. The van der Waals surface area contributed by atoms with Gasteiger partial charge in [-0.2, -0.15) is 0 Å². The van der Waals surface area contributed by atoms with Gasteiger partial charge in [0.25, 0.3) is 5.91 Å². The number of hydrogen-bond donors (Lipinski definition) is 2. The van der Waals surface area contributed by atoms with Gasteiger partial charge >= 0.3 is 0 Å². The van der Waals surface area contributed by atoms with Crippen molar-refractivity contribution >= 4 is 5.91 Å². The van der Waals surface area contributed by atoms with Crippen LogP contribution in [0.25, 0.3) is 0 Å². The molecule has 2 aromatic rings. The number of hydrogen-bond acceptors (Lipinski definition) is 5. The van der Waals surface area contributed by atoms with Crippen LogP contribution in [0.3, 0.4) is 0 Å². The van der Waals surface area contributed by atoms with E-state index in [0.717, 1.165) is 30.0 Å². The van der Waals surface area contributed by atoms with Crippen LogP contribution >= 0.6 is 0 Å². The van der Waals surface area contributed by atoms with E-state index in [-0.39, 0.29) is 17.7 Å². The predicted octanol–water partition coefficient (Wildman–Crippen LogP) is 1.56. The van der Waals surface area contributed by atoms with Crippen molar-refractivity contribution in [1.29, 1.82) is 0 Å². The number of carbonyl (C=O) groups is 1. The van der Waals surface area contributed by atoms with Crippen LogP contribution in [0.1, 0.15) is 53.4 Å². The first-order chi connectivity index (χ1) is 11.5. The van der Waals surface area contributed by atoms with Crippen LogP contribution in [0.15, 0.2) is 16.8 Å². The summed E-state index contributed by atoms with van der Waals surface area (Å²) >= 11 is 0. The van der Waals surface area contributed by atoms with Crippen molar-refractivity contribution in [2.75, 3.05) is 6.54 Å². The summed E-state index contributed by atoms with van der Waals surface area (Å²) in [5.74, 6) is 2.02. The Hall–Kier alpha value is -2.15. The van der Waals surface area contributed by atoms with E-state index in [9.17, 15) is 9.90 Å². The van der Waals surface area contributed by atoms with Gasteiger partial charge in [-0.1, -0.05) is 6.92 Å². The van der Waals surface area contributed by atoms with E-state index in [4.69, 9.17) is 4.42 Å². The third-order valence-electron chi connectivity index (χ3n) is 4.82. The molecule has 1 aliphatic rings. The number of aliphatic hydroxyl groups excluding tert-OH is 1. The van der Waals surface area contributed by atoms with E-state index in [1.807, 2.05) is 31.5 Å². The molecule has 0 radical (unpaired) electrons. The summed E-state index contributed by atoms with van der Waals surface area (Å²) in [7, 11) is 1.90. The smallest absolute Gasteiger partial charge is 0.287 e. The normalized spacial score (nSPS) is 23.6. The fourth-order valence-corrected chi connectivity index (χ4v) is 3.45. The minimum absolute atomic E-state index is 0.0107. The average molecular weight is 332 g/mol. The van der Waals surface area contributed by atoms with Gasteiger partial charge in [-0.25, -0.2) is 0 Å². The largest absolute Gasteiger partial charge is 0.456 e. The summed E-state index contributed by atoms with van der Waals surface area (Å²) in [6.07, 6.45) is 3.41. The standard InChI is InChI=1S/C17H24N4O3/c1-4-13-5-10(2)15(24-13)17(23)18-8-12-6-11(7-14(12)22)16-20-19-9-21(16)3/h5,9,11-12,14,22H,4,6-8H2,1-3H3,(H,18,23)/t11-,12+,14+/m0/s1. The second-order valence-corrected chi connectivity index (χ2v) is 6.58. The van der Waals surface area contributed by atoms with Crippen molar-refractivity contribution in [3.8, 4) is 0 Å². The number of aromatic nitrogens is 3. The molecule has 3 atom stereocenters.